The molecule has 1 aliphatic rings. The zero-order valence-corrected chi connectivity index (χ0v) is 8.85. The molecule has 0 radical (unpaired) electrons. The number of halogens is 1. The minimum Gasteiger partial charge on any atom is -0.0793 e. The molecular weight excluding hydrogens is 212 g/mol. The fourth-order valence-corrected chi connectivity index (χ4v) is 2.48. The zero-order valence-electron chi connectivity index (χ0n) is 7.26. The fraction of sp³-hybridized carbons (Fsp3) is 0.273. The van der Waals surface area contributed by atoms with E-state index < -0.39 is 0 Å². The molecule has 0 aliphatic heterocycles. The monoisotopic (exact) mass is 222 g/mol. The van der Waals surface area contributed by atoms with Crippen LogP contribution >= 0.6 is 15.9 Å². The van der Waals surface area contributed by atoms with Crippen molar-refractivity contribution in [3.63, 3.8) is 0 Å². The third-order valence-corrected chi connectivity index (χ3v) is 3.19. The van der Waals surface area contributed by atoms with E-state index in [1.54, 1.807) is 0 Å². The van der Waals surface area contributed by atoms with Gasteiger partial charge in [0.2, 0.25) is 0 Å². The zero-order chi connectivity index (χ0) is 8.72. The molecule has 62 valence electrons. The number of benzene rings is 1. The first-order chi connectivity index (χ1) is 5.70. The first kappa shape index (κ1) is 8.06. The van der Waals surface area contributed by atoms with Gasteiger partial charge < -0.3 is 0 Å². The summed E-state index contributed by atoms with van der Waals surface area (Å²) in [7, 11) is 0. The molecule has 1 unspecified atom stereocenters. The summed E-state index contributed by atoms with van der Waals surface area (Å²) < 4.78 is 0. The van der Waals surface area contributed by atoms with E-state index in [1.807, 2.05) is 0 Å². The minimum atomic E-state index is 0.424. The molecule has 1 aliphatic carbocycles. The minimum absolute atomic E-state index is 0.424. The summed E-state index contributed by atoms with van der Waals surface area (Å²) in [6.07, 6.45) is 4.40. The summed E-state index contributed by atoms with van der Waals surface area (Å²) >= 11 is 3.64. The van der Waals surface area contributed by atoms with Crippen LogP contribution in [0.5, 0.6) is 0 Å². The Labute approximate surface area is 81.4 Å². The van der Waals surface area contributed by atoms with Crippen LogP contribution in [0.2, 0.25) is 0 Å². The molecule has 2 rings (SSSR count). The molecule has 0 bridgehead atoms. The van der Waals surface area contributed by atoms with Gasteiger partial charge in [0.15, 0.2) is 0 Å². The van der Waals surface area contributed by atoms with Crippen LogP contribution in [0.1, 0.15) is 27.1 Å². The molecule has 1 atom stereocenters. The van der Waals surface area contributed by atoms with Crippen molar-refractivity contribution in [3.8, 4) is 0 Å². The van der Waals surface area contributed by atoms with Crippen molar-refractivity contribution in [2.45, 2.75) is 18.7 Å². The van der Waals surface area contributed by atoms with Crippen molar-refractivity contribution >= 4 is 22.0 Å². The van der Waals surface area contributed by atoms with Gasteiger partial charge in [0, 0.05) is 0 Å². The van der Waals surface area contributed by atoms with Crippen LogP contribution in [-0.2, 0) is 0 Å². The number of rotatable bonds is 0. The Bertz CT molecular complexity index is 350. The fourth-order valence-electron chi connectivity index (χ4n) is 1.72. The highest BCUT2D eigenvalue weighted by molar-refractivity contribution is 9.09. The maximum atomic E-state index is 3.64. The molecule has 12 heavy (non-hydrogen) atoms. The highest BCUT2D eigenvalue weighted by Crippen LogP contribution is 2.38. The second-order valence-electron chi connectivity index (χ2n) is 3.29. The predicted molar refractivity (Wildman–Crippen MR) is 56.6 cm³/mol. The Hall–Kier alpha value is -0.560. The predicted octanol–water partition coefficient (Wildman–Crippen LogP) is 3.77. The van der Waals surface area contributed by atoms with Crippen LogP contribution in [0.4, 0.5) is 0 Å². The average molecular weight is 223 g/mol. The Morgan fingerprint density at radius 3 is 2.50 bits per heavy atom. The van der Waals surface area contributed by atoms with Gasteiger partial charge in [0.25, 0.3) is 0 Å². The number of alkyl halides is 1. The highest BCUT2D eigenvalue weighted by atomic mass is 79.9. The van der Waals surface area contributed by atoms with Crippen LogP contribution in [0, 0.1) is 13.8 Å². The topological polar surface area (TPSA) is 0 Å². The lowest BCUT2D eigenvalue weighted by Crippen LogP contribution is -1.91. The molecule has 0 amide bonds. The summed E-state index contributed by atoms with van der Waals surface area (Å²) in [5.74, 6) is 0. The van der Waals surface area contributed by atoms with E-state index in [0.29, 0.717) is 4.83 Å². The van der Waals surface area contributed by atoms with Crippen molar-refractivity contribution in [1.29, 1.82) is 0 Å². The number of allylic oxidation sites excluding steroid dienone is 1. The number of fused-ring (bicyclic) bond motifs is 1. The normalized spacial score (nSPS) is 19.8. The molecule has 0 N–H and O–H groups in total. The van der Waals surface area contributed by atoms with E-state index in [2.05, 4.69) is 54.1 Å². The smallest absolute Gasteiger partial charge is 0.0587 e. The summed E-state index contributed by atoms with van der Waals surface area (Å²) in [5.41, 5.74) is 5.59. The lowest BCUT2D eigenvalue weighted by Gasteiger charge is -2.09. The van der Waals surface area contributed by atoms with Crippen molar-refractivity contribution in [1.82, 2.24) is 0 Å². The third kappa shape index (κ3) is 1.04. The van der Waals surface area contributed by atoms with E-state index in [1.165, 1.54) is 22.3 Å². The van der Waals surface area contributed by atoms with Gasteiger partial charge in [0.05, 0.1) is 4.83 Å². The number of hydrogen-bond acceptors (Lipinski definition) is 0. The Morgan fingerprint density at radius 1 is 1.17 bits per heavy atom. The van der Waals surface area contributed by atoms with E-state index in [9.17, 15) is 0 Å². The average Bonchev–Trinajstić information content (AvgIpc) is 2.42. The Morgan fingerprint density at radius 2 is 1.83 bits per heavy atom. The molecule has 0 heterocycles. The molecule has 0 saturated carbocycles. The molecule has 0 fully saturated rings. The number of aryl methyl sites for hydroxylation is 2. The molecular formula is C11H11Br. The molecule has 1 heteroatoms. The Kier molecular flexibility index (Phi) is 1.84. The van der Waals surface area contributed by atoms with Crippen molar-refractivity contribution in [2.75, 3.05) is 0 Å². The standard InChI is InChI=1S/C11H11Br/c1-7-3-4-8(2)11-9(7)5-6-10(11)12/h3-6,10H,1-2H3. The third-order valence-electron chi connectivity index (χ3n) is 2.43. The van der Waals surface area contributed by atoms with Crippen molar-refractivity contribution < 1.29 is 0 Å². The molecule has 1 aromatic rings. The van der Waals surface area contributed by atoms with Gasteiger partial charge in [-0.05, 0) is 36.1 Å². The first-order valence-electron chi connectivity index (χ1n) is 4.12. The van der Waals surface area contributed by atoms with Gasteiger partial charge in [-0.3, -0.25) is 0 Å². The second kappa shape index (κ2) is 2.74. The van der Waals surface area contributed by atoms with Gasteiger partial charge in [-0.25, -0.2) is 0 Å². The van der Waals surface area contributed by atoms with Gasteiger partial charge in [-0.2, -0.15) is 0 Å². The summed E-state index contributed by atoms with van der Waals surface area (Å²) in [6, 6.07) is 4.37. The lowest BCUT2D eigenvalue weighted by atomic mass is 10.00. The van der Waals surface area contributed by atoms with E-state index in [0.717, 1.165) is 0 Å². The van der Waals surface area contributed by atoms with Gasteiger partial charge >= 0.3 is 0 Å². The molecule has 0 saturated heterocycles. The SMILES string of the molecule is Cc1ccc(C)c2c1C=CC2Br. The molecule has 0 spiro atoms. The maximum absolute atomic E-state index is 3.64. The largest absolute Gasteiger partial charge is 0.0793 e. The second-order valence-corrected chi connectivity index (χ2v) is 4.27. The van der Waals surface area contributed by atoms with E-state index >= 15 is 0 Å². The van der Waals surface area contributed by atoms with Crippen LogP contribution < -0.4 is 0 Å². The Balaban J connectivity index is 2.71. The van der Waals surface area contributed by atoms with Crippen LogP contribution in [-0.4, -0.2) is 0 Å². The van der Waals surface area contributed by atoms with Gasteiger partial charge in [-0.15, -0.1) is 0 Å². The number of hydrogen-bond donors (Lipinski definition) is 0. The van der Waals surface area contributed by atoms with Gasteiger partial charge in [-0.1, -0.05) is 40.2 Å². The van der Waals surface area contributed by atoms with Crippen molar-refractivity contribution in [2.24, 2.45) is 0 Å². The van der Waals surface area contributed by atoms with E-state index in [-0.39, 0.29) is 0 Å². The first-order valence-corrected chi connectivity index (χ1v) is 5.04. The maximum Gasteiger partial charge on any atom is 0.0587 e. The van der Waals surface area contributed by atoms with E-state index in [4.69, 9.17) is 0 Å². The summed E-state index contributed by atoms with van der Waals surface area (Å²) in [4.78, 5) is 0.424. The van der Waals surface area contributed by atoms with Gasteiger partial charge in [0.1, 0.15) is 0 Å². The van der Waals surface area contributed by atoms with Crippen LogP contribution in [0.25, 0.3) is 6.08 Å². The lowest BCUT2D eigenvalue weighted by molar-refractivity contribution is 1.21. The summed E-state index contributed by atoms with van der Waals surface area (Å²) in [6.45, 7) is 4.33. The quantitative estimate of drug-likeness (QED) is 0.587. The molecule has 0 nitrogen and oxygen atoms in total. The highest BCUT2D eigenvalue weighted by Gasteiger charge is 2.17. The molecule has 1 aromatic carbocycles. The van der Waals surface area contributed by atoms with Crippen LogP contribution in [0.15, 0.2) is 18.2 Å². The molecule has 0 aromatic heterocycles. The summed E-state index contributed by atoms with van der Waals surface area (Å²) in [5, 5.41) is 0. The van der Waals surface area contributed by atoms with Crippen LogP contribution in [0.3, 0.4) is 0 Å². The van der Waals surface area contributed by atoms with Crippen molar-refractivity contribution in [3.05, 3.63) is 40.5 Å².